The average molecular weight is 348 g/mol. The van der Waals surface area contributed by atoms with Gasteiger partial charge in [0, 0.05) is 40.9 Å². The molecule has 0 saturated carbocycles. The molecular weight excluding hydrogens is 325 g/mol. The maximum Gasteiger partial charge on any atom is 0.170 e. The van der Waals surface area contributed by atoms with Gasteiger partial charge in [-0.25, -0.2) is 0 Å². The van der Waals surface area contributed by atoms with Crippen LogP contribution in [0, 0.1) is 0 Å². The number of hydrogen-bond acceptors (Lipinski definition) is 2. The molecule has 21 heavy (non-hydrogen) atoms. The Balaban J connectivity index is 2.44. The summed E-state index contributed by atoms with van der Waals surface area (Å²) in [4.78, 5) is 2.41. The largest absolute Gasteiger partial charge is 0.361 e. The van der Waals surface area contributed by atoms with Crippen molar-refractivity contribution >= 4 is 46.2 Å². The number of nitrogens with one attached hydrogen (secondary N) is 2. The molecule has 0 aliphatic rings. The molecule has 0 atom stereocenters. The van der Waals surface area contributed by atoms with Crippen molar-refractivity contribution in [2.45, 2.75) is 39.8 Å². The summed E-state index contributed by atoms with van der Waals surface area (Å²) in [5.41, 5.74) is 0.787. The Morgan fingerprint density at radius 1 is 1.10 bits per heavy atom. The van der Waals surface area contributed by atoms with Crippen LogP contribution < -0.4 is 10.6 Å². The van der Waals surface area contributed by atoms with Gasteiger partial charge in [-0.2, -0.15) is 0 Å². The number of benzene rings is 1. The van der Waals surface area contributed by atoms with Gasteiger partial charge in [0.2, 0.25) is 0 Å². The molecule has 0 saturated heterocycles. The maximum absolute atomic E-state index is 5.95. The molecule has 0 amide bonds. The van der Waals surface area contributed by atoms with Crippen molar-refractivity contribution in [2.75, 3.05) is 18.4 Å². The zero-order chi connectivity index (χ0) is 16.0. The standard InChI is InChI=1S/C15H23Cl2N3S/c1-10(2)20(11(3)4)6-5-18-15(21)19-14-8-12(16)7-13(17)9-14/h7-11H,5-6H2,1-4H3,(H2,18,19,21). The zero-order valence-corrected chi connectivity index (χ0v) is 15.2. The summed E-state index contributed by atoms with van der Waals surface area (Å²) in [5.74, 6) is 0. The molecule has 1 aromatic rings. The minimum Gasteiger partial charge on any atom is -0.361 e. The molecule has 0 aliphatic carbocycles. The molecule has 0 radical (unpaired) electrons. The van der Waals surface area contributed by atoms with Gasteiger partial charge in [0.15, 0.2) is 5.11 Å². The summed E-state index contributed by atoms with van der Waals surface area (Å²) in [6.45, 7) is 10.5. The first kappa shape index (κ1) is 18.5. The highest BCUT2D eigenvalue weighted by molar-refractivity contribution is 7.80. The van der Waals surface area contributed by atoms with Gasteiger partial charge in [-0.15, -0.1) is 0 Å². The van der Waals surface area contributed by atoms with Crippen LogP contribution in [0.1, 0.15) is 27.7 Å². The van der Waals surface area contributed by atoms with Crippen molar-refractivity contribution < 1.29 is 0 Å². The maximum atomic E-state index is 5.95. The highest BCUT2D eigenvalue weighted by atomic mass is 35.5. The van der Waals surface area contributed by atoms with Crippen molar-refractivity contribution in [3.05, 3.63) is 28.2 Å². The Morgan fingerprint density at radius 3 is 2.10 bits per heavy atom. The van der Waals surface area contributed by atoms with Crippen LogP contribution in [0.5, 0.6) is 0 Å². The lowest BCUT2D eigenvalue weighted by Crippen LogP contribution is -2.43. The molecule has 1 rings (SSSR count). The van der Waals surface area contributed by atoms with E-state index in [1.807, 2.05) is 0 Å². The smallest absolute Gasteiger partial charge is 0.170 e. The molecule has 6 heteroatoms. The van der Waals surface area contributed by atoms with E-state index < -0.39 is 0 Å². The van der Waals surface area contributed by atoms with E-state index in [-0.39, 0.29) is 0 Å². The summed E-state index contributed by atoms with van der Waals surface area (Å²) in [7, 11) is 0. The van der Waals surface area contributed by atoms with Gasteiger partial charge in [-0.1, -0.05) is 23.2 Å². The highest BCUT2D eigenvalue weighted by Crippen LogP contribution is 2.22. The zero-order valence-electron chi connectivity index (χ0n) is 12.9. The Hall–Kier alpha value is -0.550. The highest BCUT2D eigenvalue weighted by Gasteiger charge is 2.12. The van der Waals surface area contributed by atoms with E-state index in [0.29, 0.717) is 27.2 Å². The molecule has 1 aromatic carbocycles. The third-order valence-corrected chi connectivity index (χ3v) is 3.79. The van der Waals surface area contributed by atoms with Gasteiger partial charge in [-0.05, 0) is 58.1 Å². The first-order valence-electron chi connectivity index (χ1n) is 7.06. The van der Waals surface area contributed by atoms with Crippen molar-refractivity contribution in [2.24, 2.45) is 0 Å². The second-order valence-electron chi connectivity index (χ2n) is 5.46. The molecule has 0 unspecified atom stereocenters. The van der Waals surface area contributed by atoms with Gasteiger partial charge in [0.25, 0.3) is 0 Å². The number of thiocarbonyl (C=S) groups is 1. The van der Waals surface area contributed by atoms with E-state index >= 15 is 0 Å². The van der Waals surface area contributed by atoms with Crippen LogP contribution in [-0.4, -0.2) is 35.2 Å². The van der Waals surface area contributed by atoms with E-state index in [0.717, 1.165) is 18.8 Å². The Labute approximate surface area is 143 Å². The lowest BCUT2D eigenvalue weighted by molar-refractivity contribution is 0.178. The van der Waals surface area contributed by atoms with Crippen LogP contribution >= 0.6 is 35.4 Å². The molecule has 0 aliphatic heterocycles. The minimum absolute atomic E-state index is 0.514. The SMILES string of the molecule is CC(C)N(CCNC(=S)Nc1cc(Cl)cc(Cl)c1)C(C)C. The fourth-order valence-corrected chi connectivity index (χ4v) is 2.96. The molecule has 0 fully saturated rings. The van der Waals surface area contributed by atoms with E-state index in [1.54, 1.807) is 18.2 Å². The Bertz CT molecular complexity index is 450. The third-order valence-electron chi connectivity index (χ3n) is 3.10. The Morgan fingerprint density at radius 2 is 1.62 bits per heavy atom. The first-order chi connectivity index (χ1) is 9.79. The topological polar surface area (TPSA) is 27.3 Å². The van der Waals surface area contributed by atoms with Crippen LogP contribution in [0.4, 0.5) is 5.69 Å². The molecule has 2 N–H and O–H groups in total. The van der Waals surface area contributed by atoms with Crippen LogP contribution in [-0.2, 0) is 0 Å². The first-order valence-corrected chi connectivity index (χ1v) is 8.22. The Kier molecular flexibility index (Phi) is 7.74. The van der Waals surface area contributed by atoms with Gasteiger partial charge in [-0.3, -0.25) is 4.90 Å². The van der Waals surface area contributed by atoms with Crippen molar-refractivity contribution in [3.63, 3.8) is 0 Å². The van der Waals surface area contributed by atoms with Crippen molar-refractivity contribution in [1.82, 2.24) is 10.2 Å². The van der Waals surface area contributed by atoms with Gasteiger partial charge >= 0.3 is 0 Å². The number of halogens is 2. The third kappa shape index (κ3) is 6.83. The minimum atomic E-state index is 0.514. The van der Waals surface area contributed by atoms with E-state index in [1.165, 1.54) is 0 Å². The molecule has 0 spiro atoms. The molecule has 3 nitrogen and oxygen atoms in total. The van der Waals surface area contributed by atoms with E-state index in [2.05, 4.69) is 43.2 Å². The molecule has 0 heterocycles. The monoisotopic (exact) mass is 347 g/mol. The fraction of sp³-hybridized carbons (Fsp3) is 0.533. The lowest BCUT2D eigenvalue weighted by Gasteiger charge is -2.30. The molecule has 0 aromatic heterocycles. The van der Waals surface area contributed by atoms with Gasteiger partial charge in [0.1, 0.15) is 0 Å². The number of hydrogen-bond donors (Lipinski definition) is 2. The summed E-state index contributed by atoms with van der Waals surface area (Å²) in [5, 5.41) is 8.03. The normalized spacial score (nSPS) is 11.3. The second kappa shape index (κ2) is 8.79. The number of anilines is 1. The van der Waals surface area contributed by atoms with Crippen LogP contribution in [0.25, 0.3) is 0 Å². The molecule has 118 valence electrons. The van der Waals surface area contributed by atoms with Crippen LogP contribution in [0.2, 0.25) is 10.0 Å². The molecule has 0 bridgehead atoms. The van der Waals surface area contributed by atoms with Gasteiger partial charge < -0.3 is 10.6 Å². The van der Waals surface area contributed by atoms with Crippen molar-refractivity contribution in [3.8, 4) is 0 Å². The predicted octanol–water partition coefficient (Wildman–Crippen LogP) is 4.40. The van der Waals surface area contributed by atoms with Crippen LogP contribution in [0.3, 0.4) is 0 Å². The van der Waals surface area contributed by atoms with Gasteiger partial charge in [0.05, 0.1) is 0 Å². The molecular formula is C15H23Cl2N3S. The number of nitrogens with zero attached hydrogens (tertiary/aromatic N) is 1. The number of rotatable bonds is 6. The summed E-state index contributed by atoms with van der Waals surface area (Å²) >= 11 is 17.2. The lowest BCUT2D eigenvalue weighted by atomic mass is 10.2. The van der Waals surface area contributed by atoms with E-state index in [9.17, 15) is 0 Å². The van der Waals surface area contributed by atoms with E-state index in [4.69, 9.17) is 35.4 Å². The fourth-order valence-electron chi connectivity index (χ4n) is 2.21. The summed E-state index contributed by atoms with van der Waals surface area (Å²) in [6, 6.07) is 6.29. The average Bonchev–Trinajstić information content (AvgIpc) is 2.32. The summed E-state index contributed by atoms with van der Waals surface area (Å²) < 4.78 is 0. The summed E-state index contributed by atoms with van der Waals surface area (Å²) in [6.07, 6.45) is 0. The van der Waals surface area contributed by atoms with Crippen molar-refractivity contribution in [1.29, 1.82) is 0 Å². The second-order valence-corrected chi connectivity index (χ2v) is 6.75. The van der Waals surface area contributed by atoms with Crippen LogP contribution in [0.15, 0.2) is 18.2 Å². The quantitative estimate of drug-likeness (QED) is 0.745. The predicted molar refractivity (Wildman–Crippen MR) is 97.7 cm³/mol.